The summed E-state index contributed by atoms with van der Waals surface area (Å²) in [5.41, 5.74) is 0. The van der Waals surface area contributed by atoms with Crippen LogP contribution in [-0.2, 0) is 24.4 Å². The summed E-state index contributed by atoms with van der Waals surface area (Å²) < 4.78 is 17.0. The molecule has 4 heteroatoms. The molecule has 0 radical (unpaired) electrons. The van der Waals surface area contributed by atoms with Crippen molar-refractivity contribution in [3.8, 4) is 0 Å². The Labute approximate surface area is 75.6 Å². The van der Waals surface area contributed by atoms with Gasteiger partial charge >= 0.3 is 75.8 Å². The van der Waals surface area contributed by atoms with E-state index in [0.29, 0.717) is 0 Å². The topological polar surface area (TPSA) is 34.1 Å². The summed E-state index contributed by atoms with van der Waals surface area (Å²) in [6.45, 7) is 0. The monoisotopic (exact) mass is 264 g/mol. The molecule has 0 aromatic carbocycles. The maximum absolute atomic E-state index is 8.51. The second-order valence-corrected chi connectivity index (χ2v) is 0.482. The first kappa shape index (κ1) is 9.30. The predicted octanol–water partition coefficient (Wildman–Crippen LogP) is -3.12. The van der Waals surface area contributed by atoms with Crippen LogP contribution in [0.5, 0.6) is 0 Å². The molecular weight excluding hydrogens is 261 g/mol. The minimum atomic E-state index is -2.08. The fourth-order valence-electron chi connectivity index (χ4n) is 0. The molecular formula is HKO2Os. The molecule has 0 saturated carbocycles. The van der Waals surface area contributed by atoms with Crippen molar-refractivity contribution in [3.63, 3.8) is 0 Å². The molecule has 22 valence electrons. The Bertz CT molecular complexity index is 30.6. The minimum absolute atomic E-state index is 0. The summed E-state index contributed by atoms with van der Waals surface area (Å²) in [5.74, 6) is 0. The average Bonchev–Trinajstić information content (AvgIpc) is 0.918. The SMILES string of the molecule is [H-].[K+].[O]=[Os]=[O]. The molecule has 4 heavy (non-hydrogen) atoms. The van der Waals surface area contributed by atoms with Crippen LogP contribution in [0.15, 0.2) is 0 Å². The third-order valence-corrected chi connectivity index (χ3v) is 0. The second kappa shape index (κ2) is 8.86. The molecule has 0 bridgehead atoms. The molecule has 0 atom stereocenters. The van der Waals surface area contributed by atoms with Gasteiger partial charge in [0.15, 0.2) is 0 Å². The molecule has 0 fully saturated rings. The van der Waals surface area contributed by atoms with Crippen molar-refractivity contribution in [1.29, 1.82) is 0 Å². The number of rotatable bonds is 0. The summed E-state index contributed by atoms with van der Waals surface area (Å²) in [4.78, 5) is 0. The Morgan fingerprint density at radius 2 is 1.50 bits per heavy atom. The van der Waals surface area contributed by atoms with E-state index >= 15 is 0 Å². The van der Waals surface area contributed by atoms with Gasteiger partial charge in [-0.15, -0.1) is 0 Å². The summed E-state index contributed by atoms with van der Waals surface area (Å²) in [5, 5.41) is 0. The summed E-state index contributed by atoms with van der Waals surface area (Å²) in [7, 11) is 0. The van der Waals surface area contributed by atoms with Crippen LogP contribution in [0.1, 0.15) is 1.43 Å². The zero-order valence-electron chi connectivity index (χ0n) is 3.17. The Morgan fingerprint density at radius 3 is 1.50 bits per heavy atom. The Balaban J connectivity index is -0.0000000200. The van der Waals surface area contributed by atoms with Crippen LogP contribution in [-0.4, -0.2) is 0 Å². The van der Waals surface area contributed by atoms with Crippen LogP contribution in [0.25, 0.3) is 0 Å². The van der Waals surface area contributed by atoms with E-state index in [0.717, 1.165) is 0 Å². The summed E-state index contributed by atoms with van der Waals surface area (Å²) >= 11 is -2.08. The number of hydrogen-bond acceptors (Lipinski definition) is 2. The van der Waals surface area contributed by atoms with Crippen LogP contribution in [0.3, 0.4) is 0 Å². The van der Waals surface area contributed by atoms with Crippen molar-refractivity contribution in [2.75, 3.05) is 0 Å². The van der Waals surface area contributed by atoms with E-state index in [1.807, 2.05) is 0 Å². The first-order chi connectivity index (χ1) is 1.41. The molecule has 0 spiro atoms. The summed E-state index contributed by atoms with van der Waals surface area (Å²) in [6.07, 6.45) is 0. The second-order valence-electron chi connectivity index (χ2n) is 0.0589. The van der Waals surface area contributed by atoms with Crippen molar-refractivity contribution in [3.05, 3.63) is 0 Å². The molecule has 0 unspecified atom stereocenters. The van der Waals surface area contributed by atoms with Crippen LogP contribution in [0, 0.1) is 0 Å². The molecule has 0 saturated heterocycles. The average molecular weight is 262 g/mol. The zero-order valence-corrected chi connectivity index (χ0v) is 7.83. The van der Waals surface area contributed by atoms with Crippen LogP contribution in [0.2, 0.25) is 0 Å². The normalized spacial score (nSPS) is 4.00. The third-order valence-electron chi connectivity index (χ3n) is 0. The van der Waals surface area contributed by atoms with Gasteiger partial charge in [-0.1, -0.05) is 0 Å². The van der Waals surface area contributed by atoms with Gasteiger partial charge in [0.25, 0.3) is 0 Å². The molecule has 2 nitrogen and oxygen atoms in total. The zero-order chi connectivity index (χ0) is 2.71. The molecule has 0 rings (SSSR count). The van der Waals surface area contributed by atoms with Crippen molar-refractivity contribution in [1.82, 2.24) is 0 Å². The van der Waals surface area contributed by atoms with Gasteiger partial charge in [-0.3, -0.25) is 0 Å². The van der Waals surface area contributed by atoms with E-state index in [1.165, 1.54) is 0 Å². The molecule has 0 aliphatic carbocycles. The Hall–Kier alpha value is 1.87. The molecule has 0 aromatic heterocycles. The van der Waals surface area contributed by atoms with Crippen LogP contribution in [0.4, 0.5) is 0 Å². The van der Waals surface area contributed by atoms with Crippen LogP contribution < -0.4 is 51.4 Å². The van der Waals surface area contributed by atoms with E-state index in [-0.39, 0.29) is 52.8 Å². The summed E-state index contributed by atoms with van der Waals surface area (Å²) in [6, 6.07) is 0. The molecule has 0 N–H and O–H groups in total. The maximum atomic E-state index is 8.51. The molecule has 0 amide bonds. The molecule has 0 aromatic rings. The van der Waals surface area contributed by atoms with Gasteiger partial charge in [-0.2, -0.15) is 0 Å². The quantitative estimate of drug-likeness (QED) is 0.433. The third kappa shape index (κ3) is 9.11. The van der Waals surface area contributed by atoms with Gasteiger partial charge in [0, 0.05) is 0 Å². The molecule has 0 aliphatic heterocycles. The van der Waals surface area contributed by atoms with E-state index in [4.69, 9.17) is 7.08 Å². The number of hydrogen-bond donors (Lipinski definition) is 0. The van der Waals surface area contributed by atoms with Gasteiger partial charge in [-0.05, 0) is 0 Å². The Kier molecular flexibility index (Phi) is 20.6. The Morgan fingerprint density at radius 1 is 1.50 bits per heavy atom. The van der Waals surface area contributed by atoms with E-state index < -0.39 is 17.3 Å². The standard InChI is InChI=1S/K.2O.Os.H/q+1;;;;-1. The first-order valence-corrected chi connectivity index (χ1v) is 2.36. The fraction of sp³-hybridized carbons (Fsp3) is 0. The fourth-order valence-corrected chi connectivity index (χ4v) is 0. The van der Waals surface area contributed by atoms with E-state index in [1.54, 1.807) is 0 Å². The van der Waals surface area contributed by atoms with Gasteiger partial charge in [0.2, 0.25) is 0 Å². The van der Waals surface area contributed by atoms with E-state index in [2.05, 4.69) is 0 Å². The van der Waals surface area contributed by atoms with Crippen LogP contribution >= 0.6 is 0 Å². The molecule has 0 heterocycles. The van der Waals surface area contributed by atoms with Crippen molar-refractivity contribution in [2.24, 2.45) is 0 Å². The van der Waals surface area contributed by atoms with Gasteiger partial charge in [0.05, 0.1) is 0 Å². The van der Waals surface area contributed by atoms with E-state index in [9.17, 15) is 0 Å². The predicted molar refractivity (Wildman–Crippen MR) is 2.49 cm³/mol. The van der Waals surface area contributed by atoms with Crippen molar-refractivity contribution in [2.45, 2.75) is 0 Å². The van der Waals surface area contributed by atoms with Gasteiger partial charge < -0.3 is 1.43 Å². The van der Waals surface area contributed by atoms with Crippen molar-refractivity contribution >= 4 is 0 Å². The van der Waals surface area contributed by atoms with Gasteiger partial charge in [-0.25, -0.2) is 0 Å². The van der Waals surface area contributed by atoms with Gasteiger partial charge in [0.1, 0.15) is 0 Å². The molecule has 0 aliphatic rings. The van der Waals surface area contributed by atoms with Crippen molar-refractivity contribution < 1.29 is 77.2 Å². The first-order valence-electron chi connectivity index (χ1n) is 0.289.